The molecule has 0 unspecified atom stereocenters. The second kappa shape index (κ2) is 9.76. The minimum atomic E-state index is -0.206. The topological polar surface area (TPSA) is 45.8 Å². The summed E-state index contributed by atoms with van der Waals surface area (Å²) >= 11 is 0. The number of aromatic nitrogens is 2. The summed E-state index contributed by atoms with van der Waals surface area (Å²) < 4.78 is 0. The molecular weight excluding hydrogens is 236 g/mol. The molecule has 1 aromatic rings. The number of hydrogen-bond donors (Lipinski definition) is 1. The van der Waals surface area contributed by atoms with Gasteiger partial charge in [0.05, 0.1) is 0 Å². The predicted octanol–water partition coefficient (Wildman–Crippen LogP) is 4.02. The van der Waals surface area contributed by atoms with Crippen LogP contribution in [-0.2, 0) is 12.8 Å². The van der Waals surface area contributed by atoms with Gasteiger partial charge in [-0.15, -0.1) is 0 Å². The lowest BCUT2D eigenvalue weighted by Crippen LogP contribution is -2.15. The second-order valence-electron chi connectivity index (χ2n) is 5.31. The van der Waals surface area contributed by atoms with Crippen molar-refractivity contribution in [3.05, 3.63) is 27.9 Å². The fourth-order valence-corrected chi connectivity index (χ4v) is 2.37. The molecule has 0 amide bonds. The summed E-state index contributed by atoms with van der Waals surface area (Å²) in [6, 6.07) is 0. The lowest BCUT2D eigenvalue weighted by Gasteiger charge is -2.08. The molecule has 1 N–H and O–H groups in total. The third kappa shape index (κ3) is 6.55. The lowest BCUT2D eigenvalue weighted by molar-refractivity contribution is 0.640. The Bertz CT molecular complexity index is 398. The van der Waals surface area contributed by atoms with Crippen LogP contribution in [0.1, 0.15) is 76.5 Å². The molecule has 0 radical (unpaired) electrons. The molecule has 1 aromatic heterocycles. The van der Waals surface area contributed by atoms with E-state index in [1.54, 1.807) is 6.20 Å². The van der Waals surface area contributed by atoms with E-state index in [1.807, 2.05) is 0 Å². The van der Waals surface area contributed by atoms with Gasteiger partial charge in [0.15, 0.2) is 0 Å². The number of nitrogens with one attached hydrogen (secondary N) is 1. The summed E-state index contributed by atoms with van der Waals surface area (Å²) in [5, 5.41) is 0. The number of aromatic amines is 1. The van der Waals surface area contributed by atoms with Crippen LogP contribution in [0.4, 0.5) is 0 Å². The smallest absolute Gasteiger partial charge is 0.310 e. The van der Waals surface area contributed by atoms with Crippen LogP contribution in [0.25, 0.3) is 0 Å². The Balaban J connectivity index is 2.50. The van der Waals surface area contributed by atoms with Gasteiger partial charge >= 0.3 is 5.69 Å². The molecule has 1 heterocycles. The molecule has 0 atom stereocenters. The van der Waals surface area contributed by atoms with Crippen molar-refractivity contribution in [2.24, 2.45) is 0 Å². The van der Waals surface area contributed by atoms with Crippen molar-refractivity contribution in [1.82, 2.24) is 9.97 Å². The van der Waals surface area contributed by atoms with Gasteiger partial charge < -0.3 is 4.98 Å². The molecule has 0 bridgehead atoms. The van der Waals surface area contributed by atoms with Crippen molar-refractivity contribution in [3.8, 4) is 0 Å². The summed E-state index contributed by atoms with van der Waals surface area (Å²) in [6.45, 7) is 4.44. The SMILES string of the molecule is CCCCCCc1cnc(=O)[nH]c1CCCCCC. The van der Waals surface area contributed by atoms with Crippen LogP contribution in [0.3, 0.4) is 0 Å². The van der Waals surface area contributed by atoms with Gasteiger partial charge in [-0.25, -0.2) is 9.78 Å². The molecule has 0 aliphatic carbocycles. The highest BCUT2D eigenvalue weighted by molar-refractivity contribution is 5.16. The number of nitrogens with zero attached hydrogens (tertiary/aromatic N) is 1. The average Bonchev–Trinajstić information content (AvgIpc) is 2.41. The summed E-state index contributed by atoms with van der Waals surface area (Å²) in [4.78, 5) is 18.1. The van der Waals surface area contributed by atoms with Crippen LogP contribution >= 0.6 is 0 Å². The molecule has 0 saturated carbocycles. The van der Waals surface area contributed by atoms with Crippen molar-refractivity contribution in [2.45, 2.75) is 78.1 Å². The molecule has 0 saturated heterocycles. The Labute approximate surface area is 116 Å². The van der Waals surface area contributed by atoms with Crippen molar-refractivity contribution in [2.75, 3.05) is 0 Å². The van der Waals surface area contributed by atoms with Crippen LogP contribution in [0.5, 0.6) is 0 Å². The fraction of sp³-hybridized carbons (Fsp3) is 0.750. The maximum atomic E-state index is 11.3. The molecule has 108 valence electrons. The Kier molecular flexibility index (Phi) is 8.19. The average molecular weight is 264 g/mol. The normalized spacial score (nSPS) is 10.8. The molecule has 0 fully saturated rings. The van der Waals surface area contributed by atoms with Gasteiger partial charge in [0.2, 0.25) is 0 Å². The van der Waals surface area contributed by atoms with Gasteiger partial charge in [-0.2, -0.15) is 0 Å². The highest BCUT2D eigenvalue weighted by Gasteiger charge is 2.04. The maximum absolute atomic E-state index is 11.3. The highest BCUT2D eigenvalue weighted by atomic mass is 16.1. The van der Waals surface area contributed by atoms with E-state index in [4.69, 9.17) is 0 Å². The lowest BCUT2D eigenvalue weighted by atomic mass is 10.0. The van der Waals surface area contributed by atoms with Crippen LogP contribution in [0.15, 0.2) is 11.0 Å². The van der Waals surface area contributed by atoms with Gasteiger partial charge in [0.25, 0.3) is 0 Å². The summed E-state index contributed by atoms with van der Waals surface area (Å²) in [7, 11) is 0. The largest absolute Gasteiger partial charge is 0.345 e. The quantitative estimate of drug-likeness (QED) is 0.649. The van der Waals surface area contributed by atoms with E-state index in [0.29, 0.717) is 0 Å². The van der Waals surface area contributed by atoms with E-state index in [9.17, 15) is 4.79 Å². The third-order valence-electron chi connectivity index (χ3n) is 3.56. The van der Waals surface area contributed by atoms with Gasteiger partial charge in [0, 0.05) is 11.9 Å². The zero-order chi connectivity index (χ0) is 13.9. The first-order valence-corrected chi connectivity index (χ1v) is 7.85. The van der Waals surface area contributed by atoms with Crippen LogP contribution < -0.4 is 5.69 Å². The van der Waals surface area contributed by atoms with Gasteiger partial charge in [-0.3, -0.25) is 0 Å². The van der Waals surface area contributed by atoms with E-state index in [0.717, 1.165) is 25.0 Å². The summed E-state index contributed by atoms with van der Waals surface area (Å²) in [5.41, 5.74) is 2.16. The first-order chi connectivity index (χ1) is 9.27. The Morgan fingerprint density at radius 3 is 2.21 bits per heavy atom. The van der Waals surface area contributed by atoms with E-state index in [1.165, 1.54) is 50.5 Å². The number of H-pyrrole nitrogens is 1. The zero-order valence-corrected chi connectivity index (χ0v) is 12.5. The maximum Gasteiger partial charge on any atom is 0.345 e. The molecule has 0 aliphatic rings. The van der Waals surface area contributed by atoms with Crippen LogP contribution in [0, 0.1) is 0 Å². The zero-order valence-electron chi connectivity index (χ0n) is 12.5. The molecule has 0 spiro atoms. The minimum absolute atomic E-state index is 0.206. The van der Waals surface area contributed by atoms with Crippen molar-refractivity contribution in [3.63, 3.8) is 0 Å². The van der Waals surface area contributed by atoms with Crippen molar-refractivity contribution in [1.29, 1.82) is 0 Å². The van der Waals surface area contributed by atoms with Crippen molar-refractivity contribution >= 4 is 0 Å². The Morgan fingerprint density at radius 2 is 1.58 bits per heavy atom. The first-order valence-electron chi connectivity index (χ1n) is 7.85. The highest BCUT2D eigenvalue weighted by Crippen LogP contribution is 2.12. The first kappa shape index (κ1) is 15.9. The third-order valence-corrected chi connectivity index (χ3v) is 3.56. The van der Waals surface area contributed by atoms with E-state index >= 15 is 0 Å². The fourth-order valence-electron chi connectivity index (χ4n) is 2.37. The second-order valence-corrected chi connectivity index (χ2v) is 5.31. The Morgan fingerprint density at radius 1 is 0.947 bits per heavy atom. The summed E-state index contributed by atoms with van der Waals surface area (Å²) in [5.74, 6) is 0. The van der Waals surface area contributed by atoms with E-state index < -0.39 is 0 Å². The molecule has 3 nitrogen and oxygen atoms in total. The number of unbranched alkanes of at least 4 members (excludes halogenated alkanes) is 6. The van der Waals surface area contributed by atoms with E-state index in [2.05, 4.69) is 23.8 Å². The Hall–Kier alpha value is -1.12. The van der Waals surface area contributed by atoms with Gasteiger partial charge in [-0.05, 0) is 31.2 Å². The monoisotopic (exact) mass is 264 g/mol. The predicted molar refractivity (Wildman–Crippen MR) is 80.5 cm³/mol. The molecule has 0 aromatic carbocycles. The molecule has 19 heavy (non-hydrogen) atoms. The standard InChI is InChI=1S/C16H28N2O/c1-3-5-7-9-11-14-13-17-16(19)18-15(14)12-10-8-6-4-2/h13H,3-12H2,1-2H3,(H,17,18,19). The molecular formula is C16H28N2O. The summed E-state index contributed by atoms with van der Waals surface area (Å²) in [6.07, 6.45) is 13.8. The van der Waals surface area contributed by atoms with Crippen LogP contribution in [0.2, 0.25) is 0 Å². The minimum Gasteiger partial charge on any atom is -0.310 e. The van der Waals surface area contributed by atoms with Crippen LogP contribution in [-0.4, -0.2) is 9.97 Å². The molecule has 3 heteroatoms. The molecule has 0 aliphatic heterocycles. The number of aryl methyl sites for hydroxylation is 2. The van der Waals surface area contributed by atoms with Crippen molar-refractivity contribution < 1.29 is 0 Å². The van der Waals surface area contributed by atoms with Gasteiger partial charge in [-0.1, -0.05) is 52.4 Å². The number of hydrogen-bond acceptors (Lipinski definition) is 2. The molecule has 1 rings (SSSR count). The number of rotatable bonds is 10. The van der Waals surface area contributed by atoms with Gasteiger partial charge in [0.1, 0.15) is 0 Å². The van der Waals surface area contributed by atoms with E-state index in [-0.39, 0.29) is 5.69 Å².